The number of halogens is 2. The number of rotatable bonds is 4. The van der Waals surface area contributed by atoms with Gasteiger partial charge < -0.3 is 0 Å². The van der Waals surface area contributed by atoms with Crippen LogP contribution < -0.4 is 0 Å². The first-order chi connectivity index (χ1) is 8.95. The summed E-state index contributed by atoms with van der Waals surface area (Å²) in [5.41, 5.74) is 0.535. The molecule has 0 unspecified atom stereocenters. The van der Waals surface area contributed by atoms with Gasteiger partial charge in [-0.1, -0.05) is 34.8 Å². The van der Waals surface area contributed by atoms with E-state index in [-0.39, 0.29) is 17.1 Å². The Kier molecular flexibility index (Phi) is 4.41. The Morgan fingerprint density at radius 3 is 2.53 bits per heavy atom. The third-order valence-electron chi connectivity index (χ3n) is 4.17. The summed E-state index contributed by atoms with van der Waals surface area (Å²) in [4.78, 5) is 14.7. The van der Waals surface area contributed by atoms with E-state index in [2.05, 4.69) is 20.8 Å². The molecule has 1 saturated carbocycles. The maximum absolute atomic E-state index is 13.1. The summed E-state index contributed by atoms with van der Waals surface area (Å²) >= 11 is 3.33. The van der Waals surface area contributed by atoms with Crippen molar-refractivity contribution in [2.75, 3.05) is 14.1 Å². The minimum Gasteiger partial charge on any atom is -0.297 e. The Balaban J connectivity index is 2.20. The first-order valence-electron chi connectivity index (χ1n) is 6.60. The monoisotopic (exact) mass is 327 g/mol. The number of carbonyl (C=O) groups is 1. The lowest BCUT2D eigenvalue weighted by Gasteiger charge is -2.35. The van der Waals surface area contributed by atoms with E-state index in [1.165, 1.54) is 12.1 Å². The van der Waals surface area contributed by atoms with Crippen molar-refractivity contribution in [3.8, 4) is 0 Å². The van der Waals surface area contributed by atoms with Gasteiger partial charge >= 0.3 is 0 Å². The highest BCUT2D eigenvalue weighted by Gasteiger charge is 2.42. The van der Waals surface area contributed by atoms with Crippen LogP contribution in [0.4, 0.5) is 4.39 Å². The van der Waals surface area contributed by atoms with Crippen molar-refractivity contribution in [1.82, 2.24) is 4.90 Å². The van der Waals surface area contributed by atoms with Gasteiger partial charge in [0.05, 0.1) is 5.54 Å². The van der Waals surface area contributed by atoms with Gasteiger partial charge in [-0.2, -0.15) is 0 Å². The SMILES string of the molecule is CN(C)C1(C(=O)Cc2ccc(F)cc2Br)CCCC1. The zero-order valence-electron chi connectivity index (χ0n) is 11.4. The predicted octanol–water partition coefficient (Wildman–Crippen LogP) is 3.57. The standard InChI is InChI=1S/C15H19BrFNO/c1-18(2)15(7-3-4-8-15)14(19)9-11-5-6-12(17)10-13(11)16/h5-6,10H,3-4,7-9H2,1-2H3. The van der Waals surface area contributed by atoms with E-state index in [9.17, 15) is 9.18 Å². The quantitative estimate of drug-likeness (QED) is 0.842. The molecule has 0 saturated heterocycles. The van der Waals surface area contributed by atoms with Gasteiger partial charge in [0.15, 0.2) is 5.78 Å². The largest absolute Gasteiger partial charge is 0.297 e. The zero-order valence-corrected chi connectivity index (χ0v) is 13.0. The molecule has 0 heterocycles. The average Bonchev–Trinajstić information content (AvgIpc) is 2.83. The fourth-order valence-corrected chi connectivity index (χ4v) is 3.43. The van der Waals surface area contributed by atoms with Crippen molar-refractivity contribution in [2.24, 2.45) is 0 Å². The van der Waals surface area contributed by atoms with Gasteiger partial charge in [-0.25, -0.2) is 4.39 Å². The third kappa shape index (κ3) is 2.90. The van der Waals surface area contributed by atoms with Crippen LogP contribution in [0.3, 0.4) is 0 Å². The van der Waals surface area contributed by atoms with Gasteiger partial charge in [-0.3, -0.25) is 9.69 Å². The van der Waals surface area contributed by atoms with Crippen LogP contribution in [-0.4, -0.2) is 30.3 Å². The van der Waals surface area contributed by atoms with Crippen LogP contribution in [0.25, 0.3) is 0 Å². The van der Waals surface area contributed by atoms with Crippen LogP contribution in [0.15, 0.2) is 22.7 Å². The van der Waals surface area contributed by atoms with Crippen LogP contribution in [0, 0.1) is 5.82 Å². The highest BCUT2D eigenvalue weighted by atomic mass is 79.9. The van der Waals surface area contributed by atoms with E-state index in [1.807, 2.05) is 14.1 Å². The molecule has 4 heteroatoms. The topological polar surface area (TPSA) is 20.3 Å². The second-order valence-corrected chi connectivity index (χ2v) is 6.32. The summed E-state index contributed by atoms with van der Waals surface area (Å²) in [5, 5.41) is 0. The maximum Gasteiger partial charge on any atom is 0.157 e. The zero-order chi connectivity index (χ0) is 14.0. The number of nitrogens with zero attached hydrogens (tertiary/aromatic N) is 1. The fourth-order valence-electron chi connectivity index (χ4n) is 2.94. The Hall–Kier alpha value is -0.740. The van der Waals surface area contributed by atoms with Crippen molar-refractivity contribution >= 4 is 21.7 Å². The summed E-state index contributed by atoms with van der Waals surface area (Å²) in [6, 6.07) is 4.51. The van der Waals surface area contributed by atoms with E-state index < -0.39 is 0 Å². The lowest BCUT2D eigenvalue weighted by atomic mass is 9.87. The summed E-state index contributed by atoms with van der Waals surface area (Å²) < 4.78 is 13.7. The summed E-state index contributed by atoms with van der Waals surface area (Å²) in [7, 11) is 3.95. The number of hydrogen-bond acceptors (Lipinski definition) is 2. The lowest BCUT2D eigenvalue weighted by molar-refractivity contribution is -0.128. The molecule has 0 aromatic heterocycles. The second-order valence-electron chi connectivity index (χ2n) is 5.47. The van der Waals surface area contributed by atoms with Crippen molar-refractivity contribution in [2.45, 2.75) is 37.6 Å². The predicted molar refractivity (Wildman–Crippen MR) is 77.7 cm³/mol. The second kappa shape index (κ2) is 5.71. The van der Waals surface area contributed by atoms with Gasteiger partial charge in [0.2, 0.25) is 0 Å². The fraction of sp³-hybridized carbons (Fsp3) is 0.533. The Morgan fingerprint density at radius 1 is 1.37 bits per heavy atom. The minimum atomic E-state index is -0.326. The van der Waals surface area contributed by atoms with Crippen LogP contribution >= 0.6 is 15.9 Å². The number of likely N-dealkylation sites (N-methyl/N-ethyl adjacent to an activating group) is 1. The minimum absolute atomic E-state index is 0.238. The van der Waals surface area contributed by atoms with Crippen LogP contribution in [0.2, 0.25) is 0 Å². The smallest absolute Gasteiger partial charge is 0.157 e. The lowest BCUT2D eigenvalue weighted by Crippen LogP contribution is -2.49. The molecule has 0 radical (unpaired) electrons. The molecular weight excluding hydrogens is 309 g/mol. The van der Waals surface area contributed by atoms with Crippen LogP contribution in [0.1, 0.15) is 31.2 Å². The Labute approximate surface area is 122 Å². The van der Waals surface area contributed by atoms with Gasteiger partial charge in [0.25, 0.3) is 0 Å². The summed E-state index contributed by atoms with van der Waals surface area (Å²) in [6.45, 7) is 0. The average molecular weight is 328 g/mol. The van der Waals surface area contributed by atoms with Gasteiger partial charge in [-0.05, 0) is 44.6 Å². The molecule has 1 aliphatic carbocycles. The highest BCUT2D eigenvalue weighted by Crippen LogP contribution is 2.36. The number of benzene rings is 1. The molecular formula is C15H19BrFNO. The van der Waals surface area contributed by atoms with Gasteiger partial charge in [0.1, 0.15) is 5.82 Å². The number of Topliss-reactive ketones (excluding diaryl/α,β-unsaturated/α-hetero) is 1. The molecule has 104 valence electrons. The first-order valence-corrected chi connectivity index (χ1v) is 7.40. The molecule has 0 atom stereocenters. The Bertz CT molecular complexity index is 481. The molecule has 2 nitrogen and oxygen atoms in total. The molecule has 2 rings (SSSR count). The van der Waals surface area contributed by atoms with Crippen LogP contribution in [0.5, 0.6) is 0 Å². The highest BCUT2D eigenvalue weighted by molar-refractivity contribution is 9.10. The number of ketones is 1. The van der Waals surface area contributed by atoms with Crippen molar-refractivity contribution in [3.63, 3.8) is 0 Å². The molecule has 0 N–H and O–H groups in total. The normalized spacial score (nSPS) is 17.9. The molecule has 19 heavy (non-hydrogen) atoms. The van der Waals surface area contributed by atoms with Crippen LogP contribution in [-0.2, 0) is 11.2 Å². The van der Waals surface area contributed by atoms with Crippen molar-refractivity contribution in [1.29, 1.82) is 0 Å². The van der Waals surface area contributed by atoms with Crippen molar-refractivity contribution < 1.29 is 9.18 Å². The summed E-state index contributed by atoms with van der Waals surface area (Å²) in [5.74, 6) is -0.0476. The van der Waals surface area contributed by atoms with Gasteiger partial charge in [-0.15, -0.1) is 0 Å². The Morgan fingerprint density at radius 2 is 2.00 bits per heavy atom. The number of carbonyl (C=O) groups excluding carboxylic acids is 1. The van der Waals surface area contributed by atoms with E-state index in [4.69, 9.17) is 0 Å². The van der Waals surface area contributed by atoms with E-state index >= 15 is 0 Å². The van der Waals surface area contributed by atoms with Gasteiger partial charge in [0, 0.05) is 10.9 Å². The molecule has 0 amide bonds. The first kappa shape index (κ1) is 14.7. The maximum atomic E-state index is 13.1. The summed E-state index contributed by atoms with van der Waals surface area (Å²) in [6.07, 6.45) is 4.43. The van der Waals surface area contributed by atoms with E-state index in [0.29, 0.717) is 10.9 Å². The molecule has 1 aliphatic rings. The molecule has 1 fully saturated rings. The van der Waals surface area contributed by atoms with E-state index in [1.54, 1.807) is 6.07 Å². The molecule has 0 spiro atoms. The molecule has 0 aliphatic heterocycles. The molecule has 1 aromatic rings. The molecule has 1 aromatic carbocycles. The van der Waals surface area contributed by atoms with E-state index in [0.717, 1.165) is 31.2 Å². The molecule has 0 bridgehead atoms. The third-order valence-corrected chi connectivity index (χ3v) is 4.91. The van der Waals surface area contributed by atoms with Crippen molar-refractivity contribution in [3.05, 3.63) is 34.1 Å². The number of hydrogen-bond donors (Lipinski definition) is 0.